The van der Waals surface area contributed by atoms with E-state index in [1.54, 1.807) is 10.9 Å². The van der Waals surface area contributed by atoms with E-state index in [9.17, 15) is 4.79 Å². The van der Waals surface area contributed by atoms with Gasteiger partial charge in [-0.1, -0.05) is 5.21 Å². The van der Waals surface area contributed by atoms with Crippen LogP contribution in [0.4, 0.5) is 0 Å². The van der Waals surface area contributed by atoms with Crippen LogP contribution in [0.5, 0.6) is 0 Å². The first-order valence-corrected chi connectivity index (χ1v) is 6.63. The maximum absolute atomic E-state index is 11.8. The third-order valence-electron chi connectivity index (χ3n) is 2.98. The number of nitrogens with zero attached hydrogens (tertiary/aromatic N) is 4. The van der Waals surface area contributed by atoms with Gasteiger partial charge in [0.15, 0.2) is 5.69 Å². The molecule has 0 aliphatic rings. The number of aromatic nitrogens is 3. The topological polar surface area (TPSA) is 89.1 Å². The van der Waals surface area contributed by atoms with E-state index in [1.165, 1.54) is 0 Å². The van der Waals surface area contributed by atoms with E-state index in [0.717, 1.165) is 13.0 Å². The molecule has 1 rings (SSSR count). The second-order valence-electron chi connectivity index (χ2n) is 4.84. The molecule has 108 valence electrons. The maximum atomic E-state index is 11.8. The monoisotopic (exact) mass is 268 g/mol. The minimum Gasteiger partial charge on any atom is -0.351 e. The summed E-state index contributed by atoms with van der Waals surface area (Å²) in [7, 11) is 2.07. The Morgan fingerprint density at radius 1 is 1.58 bits per heavy atom. The molecule has 7 heteroatoms. The normalized spacial score (nSPS) is 11.3. The molecular weight excluding hydrogens is 244 g/mol. The fourth-order valence-electron chi connectivity index (χ4n) is 1.52. The minimum atomic E-state index is -0.185. The van der Waals surface area contributed by atoms with E-state index in [0.29, 0.717) is 31.4 Å². The zero-order chi connectivity index (χ0) is 14.3. The molecule has 1 aromatic rings. The summed E-state index contributed by atoms with van der Waals surface area (Å²) in [6.07, 6.45) is 2.53. The van der Waals surface area contributed by atoms with E-state index < -0.39 is 0 Å². The van der Waals surface area contributed by atoms with Gasteiger partial charge in [-0.15, -0.1) is 5.10 Å². The number of amides is 1. The molecule has 0 unspecified atom stereocenters. The van der Waals surface area contributed by atoms with Crippen LogP contribution in [0.2, 0.25) is 0 Å². The van der Waals surface area contributed by atoms with Gasteiger partial charge in [0.1, 0.15) is 0 Å². The van der Waals surface area contributed by atoms with Crippen LogP contribution in [-0.2, 0) is 6.54 Å². The SMILES string of the molecule is CC(C)N(C)CCCNC(=O)c1cn(CCN)nn1. The predicted molar refractivity (Wildman–Crippen MR) is 73.8 cm³/mol. The standard InChI is InChI=1S/C12H24N6O/c1-10(2)17(3)7-4-6-14-12(19)11-9-18(8-5-13)16-15-11/h9-10H,4-8,13H2,1-3H3,(H,14,19). The van der Waals surface area contributed by atoms with Crippen molar-refractivity contribution in [1.82, 2.24) is 25.2 Å². The van der Waals surface area contributed by atoms with Gasteiger partial charge < -0.3 is 16.0 Å². The Labute approximate surface area is 114 Å². The van der Waals surface area contributed by atoms with Gasteiger partial charge in [0.05, 0.1) is 12.7 Å². The zero-order valence-electron chi connectivity index (χ0n) is 12.0. The summed E-state index contributed by atoms with van der Waals surface area (Å²) in [6.45, 7) is 6.94. The molecule has 0 aromatic carbocycles. The number of hydrogen-bond acceptors (Lipinski definition) is 5. The van der Waals surface area contributed by atoms with E-state index in [2.05, 4.69) is 41.4 Å². The molecule has 0 atom stereocenters. The molecule has 1 aromatic heterocycles. The second-order valence-corrected chi connectivity index (χ2v) is 4.84. The lowest BCUT2D eigenvalue weighted by atomic mass is 10.3. The molecule has 1 heterocycles. The van der Waals surface area contributed by atoms with E-state index >= 15 is 0 Å². The lowest BCUT2D eigenvalue weighted by molar-refractivity contribution is 0.0946. The van der Waals surface area contributed by atoms with Crippen molar-refractivity contribution in [3.8, 4) is 0 Å². The van der Waals surface area contributed by atoms with Gasteiger partial charge >= 0.3 is 0 Å². The Morgan fingerprint density at radius 3 is 2.95 bits per heavy atom. The number of rotatable bonds is 8. The van der Waals surface area contributed by atoms with Crippen molar-refractivity contribution in [2.45, 2.75) is 32.9 Å². The largest absolute Gasteiger partial charge is 0.351 e. The molecule has 3 N–H and O–H groups in total. The molecule has 7 nitrogen and oxygen atoms in total. The van der Waals surface area contributed by atoms with Gasteiger partial charge in [0, 0.05) is 19.1 Å². The maximum Gasteiger partial charge on any atom is 0.273 e. The van der Waals surface area contributed by atoms with Crippen LogP contribution in [0, 0.1) is 0 Å². The van der Waals surface area contributed by atoms with Crippen LogP contribution in [-0.4, -0.2) is 58.5 Å². The van der Waals surface area contributed by atoms with Gasteiger partial charge in [-0.05, 0) is 33.9 Å². The molecule has 0 radical (unpaired) electrons. The minimum absolute atomic E-state index is 0.185. The van der Waals surface area contributed by atoms with E-state index in [-0.39, 0.29) is 5.91 Å². The molecule has 0 spiro atoms. The van der Waals surface area contributed by atoms with Gasteiger partial charge in [0.2, 0.25) is 0 Å². The lowest BCUT2D eigenvalue weighted by Gasteiger charge is -2.20. The van der Waals surface area contributed by atoms with Crippen LogP contribution < -0.4 is 11.1 Å². The van der Waals surface area contributed by atoms with Crippen molar-refractivity contribution in [2.75, 3.05) is 26.7 Å². The summed E-state index contributed by atoms with van der Waals surface area (Å²) in [5, 5.41) is 10.5. The quantitative estimate of drug-likeness (QED) is 0.632. The fraction of sp³-hybridized carbons (Fsp3) is 0.750. The first-order chi connectivity index (χ1) is 9.04. The molecule has 0 bridgehead atoms. The van der Waals surface area contributed by atoms with E-state index in [1.807, 2.05) is 0 Å². The molecule has 0 saturated carbocycles. The van der Waals surface area contributed by atoms with Gasteiger partial charge in [-0.3, -0.25) is 9.48 Å². The van der Waals surface area contributed by atoms with Crippen LogP contribution in [0.15, 0.2) is 6.20 Å². The van der Waals surface area contributed by atoms with Gasteiger partial charge in [-0.25, -0.2) is 0 Å². The predicted octanol–water partition coefficient (Wildman–Crippen LogP) is -0.303. The average Bonchev–Trinajstić information content (AvgIpc) is 2.83. The molecule has 0 fully saturated rings. The molecule has 0 aliphatic carbocycles. The Bertz CT molecular complexity index is 389. The van der Waals surface area contributed by atoms with Crippen molar-refractivity contribution in [2.24, 2.45) is 5.73 Å². The Hall–Kier alpha value is -1.47. The van der Waals surface area contributed by atoms with Crippen molar-refractivity contribution in [3.63, 3.8) is 0 Å². The first kappa shape index (κ1) is 15.6. The number of nitrogens with two attached hydrogens (primary N) is 1. The fourth-order valence-corrected chi connectivity index (χ4v) is 1.52. The van der Waals surface area contributed by atoms with Gasteiger partial charge in [-0.2, -0.15) is 0 Å². The third-order valence-corrected chi connectivity index (χ3v) is 2.98. The van der Waals surface area contributed by atoms with Crippen LogP contribution in [0.3, 0.4) is 0 Å². The van der Waals surface area contributed by atoms with Crippen LogP contribution in [0.1, 0.15) is 30.8 Å². The smallest absolute Gasteiger partial charge is 0.273 e. The van der Waals surface area contributed by atoms with Crippen molar-refractivity contribution < 1.29 is 4.79 Å². The number of nitrogens with one attached hydrogen (secondary N) is 1. The number of carbonyl (C=O) groups excluding carboxylic acids is 1. The second kappa shape index (κ2) is 7.85. The molecule has 0 aliphatic heterocycles. The summed E-state index contributed by atoms with van der Waals surface area (Å²) < 4.78 is 1.57. The van der Waals surface area contributed by atoms with Crippen LogP contribution in [0.25, 0.3) is 0 Å². The van der Waals surface area contributed by atoms with E-state index in [4.69, 9.17) is 5.73 Å². The zero-order valence-corrected chi connectivity index (χ0v) is 12.0. The molecule has 1 amide bonds. The Balaban J connectivity index is 2.27. The lowest BCUT2D eigenvalue weighted by Crippen LogP contribution is -2.31. The first-order valence-electron chi connectivity index (χ1n) is 6.63. The number of carbonyl (C=O) groups is 1. The summed E-state index contributed by atoms with van der Waals surface area (Å²) in [4.78, 5) is 14.0. The highest BCUT2D eigenvalue weighted by Crippen LogP contribution is 1.96. The Morgan fingerprint density at radius 2 is 2.32 bits per heavy atom. The Kier molecular flexibility index (Phi) is 6.44. The van der Waals surface area contributed by atoms with Crippen molar-refractivity contribution in [3.05, 3.63) is 11.9 Å². The van der Waals surface area contributed by atoms with Gasteiger partial charge in [0.25, 0.3) is 5.91 Å². The summed E-state index contributed by atoms with van der Waals surface area (Å²) >= 11 is 0. The third kappa shape index (κ3) is 5.35. The molecular formula is C12H24N6O. The summed E-state index contributed by atoms with van der Waals surface area (Å²) in [6, 6.07) is 0.520. The highest BCUT2D eigenvalue weighted by atomic mass is 16.2. The molecule has 0 saturated heterocycles. The van der Waals surface area contributed by atoms with Crippen molar-refractivity contribution in [1.29, 1.82) is 0 Å². The number of hydrogen-bond donors (Lipinski definition) is 2. The average molecular weight is 268 g/mol. The summed E-state index contributed by atoms with van der Waals surface area (Å²) in [5.41, 5.74) is 5.74. The highest BCUT2D eigenvalue weighted by molar-refractivity contribution is 5.91. The summed E-state index contributed by atoms with van der Waals surface area (Å²) in [5.74, 6) is -0.185. The van der Waals surface area contributed by atoms with Crippen molar-refractivity contribution >= 4 is 5.91 Å². The molecule has 19 heavy (non-hydrogen) atoms. The van der Waals surface area contributed by atoms with Crippen LogP contribution >= 0.6 is 0 Å². The highest BCUT2D eigenvalue weighted by Gasteiger charge is 2.10.